The molecule has 0 saturated carbocycles. The number of amides is 1. The van der Waals surface area contributed by atoms with Gasteiger partial charge in [0.1, 0.15) is 0 Å². The van der Waals surface area contributed by atoms with Crippen LogP contribution < -0.4 is 0 Å². The van der Waals surface area contributed by atoms with Gasteiger partial charge < -0.3 is 14.4 Å². The van der Waals surface area contributed by atoms with Crippen LogP contribution in [0.3, 0.4) is 0 Å². The van der Waals surface area contributed by atoms with Crippen LogP contribution in [0.2, 0.25) is 0 Å². The molecule has 0 aromatic heterocycles. The van der Waals surface area contributed by atoms with E-state index in [2.05, 4.69) is 0 Å². The van der Waals surface area contributed by atoms with E-state index in [4.69, 9.17) is 9.47 Å². The molecule has 0 N–H and O–H groups in total. The van der Waals surface area contributed by atoms with Crippen LogP contribution in [-0.4, -0.2) is 42.0 Å². The first-order chi connectivity index (χ1) is 13.0. The Labute approximate surface area is 157 Å². The van der Waals surface area contributed by atoms with E-state index in [1.165, 1.54) is 11.8 Å². The summed E-state index contributed by atoms with van der Waals surface area (Å²) in [5.74, 6) is -1.60. The number of carbonyl (C=O) groups is 3. The van der Waals surface area contributed by atoms with Crippen LogP contribution in [0.5, 0.6) is 0 Å². The van der Waals surface area contributed by atoms with Crippen molar-refractivity contribution in [3.05, 3.63) is 71.3 Å². The summed E-state index contributed by atoms with van der Waals surface area (Å²) in [6.45, 7) is 1.92. The number of ether oxygens (including phenoxy) is 2. The van der Waals surface area contributed by atoms with Gasteiger partial charge in [-0.05, 0) is 24.1 Å². The first kappa shape index (κ1) is 18.6. The Morgan fingerprint density at radius 1 is 1.15 bits per heavy atom. The maximum absolute atomic E-state index is 12.5. The molecular weight excluding hydrogens is 346 g/mol. The van der Waals surface area contributed by atoms with Gasteiger partial charge in [-0.15, -0.1) is 0 Å². The van der Waals surface area contributed by atoms with E-state index >= 15 is 0 Å². The van der Waals surface area contributed by atoms with Crippen LogP contribution in [-0.2, 0) is 32.0 Å². The molecule has 6 nitrogen and oxygen atoms in total. The van der Waals surface area contributed by atoms with E-state index in [1.54, 1.807) is 31.3 Å². The van der Waals surface area contributed by atoms with Gasteiger partial charge in [-0.1, -0.05) is 48.5 Å². The zero-order chi connectivity index (χ0) is 19.4. The van der Waals surface area contributed by atoms with Crippen LogP contribution in [0.4, 0.5) is 0 Å². The quantitative estimate of drug-likeness (QED) is 0.759. The number of hydrogen-bond acceptors (Lipinski definition) is 5. The van der Waals surface area contributed by atoms with Crippen LogP contribution in [0.1, 0.15) is 28.4 Å². The molecule has 0 unspecified atom stereocenters. The minimum Gasteiger partial charge on any atom is -0.450 e. The summed E-state index contributed by atoms with van der Waals surface area (Å²) < 4.78 is 10.4. The lowest BCUT2D eigenvalue weighted by molar-refractivity contribution is -0.166. The molecule has 0 spiro atoms. The molecule has 3 rings (SSSR count). The second-order valence-corrected chi connectivity index (χ2v) is 6.51. The van der Waals surface area contributed by atoms with Crippen molar-refractivity contribution in [2.45, 2.75) is 32.1 Å². The molecule has 0 aliphatic carbocycles. The molecule has 1 aliphatic rings. The summed E-state index contributed by atoms with van der Waals surface area (Å²) in [5, 5.41) is 0. The summed E-state index contributed by atoms with van der Waals surface area (Å²) >= 11 is 0. The smallest absolute Gasteiger partial charge is 0.348 e. The molecule has 0 saturated heterocycles. The van der Waals surface area contributed by atoms with Crippen molar-refractivity contribution in [1.29, 1.82) is 0 Å². The maximum Gasteiger partial charge on any atom is 0.348 e. The summed E-state index contributed by atoms with van der Waals surface area (Å²) in [6.07, 6.45) is -1.77. The van der Waals surface area contributed by atoms with Crippen molar-refractivity contribution in [3.8, 4) is 0 Å². The normalized spacial score (nSPS) is 16.7. The summed E-state index contributed by atoms with van der Waals surface area (Å²) in [7, 11) is 1.65. The zero-order valence-electron chi connectivity index (χ0n) is 15.3. The number of benzene rings is 2. The minimum absolute atomic E-state index is 0.238. The van der Waals surface area contributed by atoms with Crippen LogP contribution in [0, 0.1) is 0 Å². The van der Waals surface area contributed by atoms with Gasteiger partial charge in [0.05, 0.1) is 5.56 Å². The van der Waals surface area contributed by atoms with E-state index in [0.29, 0.717) is 12.1 Å². The predicted molar refractivity (Wildman–Crippen MR) is 97.8 cm³/mol. The highest BCUT2D eigenvalue weighted by Crippen LogP contribution is 2.21. The number of cyclic esters (lactones) is 1. The lowest BCUT2D eigenvalue weighted by Crippen LogP contribution is -2.41. The third-order valence-electron chi connectivity index (χ3n) is 4.43. The third kappa shape index (κ3) is 4.34. The number of carbonyl (C=O) groups excluding carboxylic acids is 3. The molecule has 27 heavy (non-hydrogen) atoms. The van der Waals surface area contributed by atoms with Gasteiger partial charge in [0.2, 0.25) is 6.10 Å². The molecule has 1 aliphatic heterocycles. The Morgan fingerprint density at radius 2 is 1.81 bits per heavy atom. The fraction of sp³-hybridized carbons (Fsp3) is 0.286. The van der Waals surface area contributed by atoms with Crippen molar-refractivity contribution in [2.24, 2.45) is 0 Å². The first-order valence-corrected chi connectivity index (χ1v) is 8.74. The molecule has 2 atom stereocenters. The fourth-order valence-electron chi connectivity index (χ4n) is 3.01. The largest absolute Gasteiger partial charge is 0.450 e. The molecular formula is C21H21NO5. The van der Waals surface area contributed by atoms with E-state index in [-0.39, 0.29) is 12.3 Å². The van der Waals surface area contributed by atoms with Gasteiger partial charge in [-0.25, -0.2) is 9.59 Å². The van der Waals surface area contributed by atoms with Crippen molar-refractivity contribution >= 4 is 17.8 Å². The molecule has 1 heterocycles. The van der Waals surface area contributed by atoms with Crippen LogP contribution in [0.25, 0.3) is 0 Å². The highest BCUT2D eigenvalue weighted by atomic mass is 16.6. The van der Waals surface area contributed by atoms with Crippen LogP contribution >= 0.6 is 0 Å². The lowest BCUT2D eigenvalue weighted by atomic mass is 9.99. The minimum atomic E-state index is -1.04. The van der Waals surface area contributed by atoms with E-state index in [0.717, 1.165) is 11.1 Å². The molecule has 0 fully saturated rings. The number of hydrogen-bond donors (Lipinski definition) is 0. The monoisotopic (exact) mass is 367 g/mol. The average molecular weight is 367 g/mol. The Balaban J connectivity index is 1.59. The van der Waals surface area contributed by atoms with Gasteiger partial charge in [0, 0.05) is 20.0 Å². The van der Waals surface area contributed by atoms with Crippen molar-refractivity contribution < 1.29 is 23.9 Å². The standard InChI is InChI=1S/C21H21NO5/c1-14(19(23)22(2)13-15-8-4-3-5-9-15)26-21(25)18-12-16-10-6-7-11-17(16)20(24)27-18/h3-11,14,18H,12-13H2,1-2H3/t14-,18-/m0/s1. The van der Waals surface area contributed by atoms with E-state index in [9.17, 15) is 14.4 Å². The van der Waals surface area contributed by atoms with Gasteiger partial charge in [0.25, 0.3) is 5.91 Å². The Hall–Kier alpha value is -3.15. The topological polar surface area (TPSA) is 72.9 Å². The molecule has 2 aromatic rings. The van der Waals surface area contributed by atoms with Crippen molar-refractivity contribution in [1.82, 2.24) is 4.90 Å². The number of rotatable bonds is 5. The van der Waals surface area contributed by atoms with Crippen molar-refractivity contribution in [3.63, 3.8) is 0 Å². The van der Waals surface area contributed by atoms with Gasteiger partial charge in [0.15, 0.2) is 6.10 Å². The van der Waals surface area contributed by atoms with Crippen LogP contribution in [0.15, 0.2) is 54.6 Å². The summed E-state index contributed by atoms with van der Waals surface area (Å²) in [5.41, 5.74) is 2.16. The molecule has 0 radical (unpaired) electrons. The highest BCUT2D eigenvalue weighted by molar-refractivity contribution is 5.95. The van der Waals surface area contributed by atoms with Crippen molar-refractivity contribution in [2.75, 3.05) is 7.05 Å². The molecule has 1 amide bonds. The van der Waals surface area contributed by atoms with Gasteiger partial charge in [-0.2, -0.15) is 0 Å². The fourth-order valence-corrected chi connectivity index (χ4v) is 3.01. The SMILES string of the molecule is C[C@H](OC(=O)[C@@H]1Cc2ccccc2C(=O)O1)C(=O)N(C)Cc1ccccc1. The first-order valence-electron chi connectivity index (χ1n) is 8.74. The Kier molecular flexibility index (Phi) is 5.54. The Morgan fingerprint density at radius 3 is 2.56 bits per heavy atom. The molecule has 140 valence electrons. The summed E-state index contributed by atoms with van der Waals surface area (Å²) in [4.78, 5) is 38.4. The van der Waals surface area contributed by atoms with Gasteiger partial charge >= 0.3 is 11.9 Å². The van der Waals surface area contributed by atoms with E-state index in [1.807, 2.05) is 30.3 Å². The number of nitrogens with zero attached hydrogens (tertiary/aromatic N) is 1. The maximum atomic E-state index is 12.5. The Bertz CT molecular complexity index is 849. The summed E-state index contributed by atoms with van der Waals surface area (Å²) in [6, 6.07) is 16.5. The van der Waals surface area contributed by atoms with E-state index < -0.39 is 24.1 Å². The molecule has 2 aromatic carbocycles. The number of likely N-dealkylation sites (N-methyl/N-ethyl adjacent to an activating group) is 1. The number of esters is 2. The highest BCUT2D eigenvalue weighted by Gasteiger charge is 2.34. The zero-order valence-corrected chi connectivity index (χ0v) is 15.3. The third-order valence-corrected chi connectivity index (χ3v) is 4.43. The second-order valence-electron chi connectivity index (χ2n) is 6.51. The number of fused-ring (bicyclic) bond motifs is 1. The lowest BCUT2D eigenvalue weighted by Gasteiger charge is -2.26. The second kappa shape index (κ2) is 8.03. The average Bonchev–Trinajstić information content (AvgIpc) is 2.68. The molecule has 0 bridgehead atoms. The molecule has 6 heteroatoms. The predicted octanol–water partition coefficient (Wildman–Crippen LogP) is 2.36. The van der Waals surface area contributed by atoms with Gasteiger partial charge in [-0.3, -0.25) is 4.79 Å².